The minimum Gasteiger partial charge on any atom is -0.371 e. The number of thiazole rings is 1. The standard InChI is InChI=1S/C22H19F2N7O2S/c1-30-12-21(23,24)22(33,19(30)32)14-5-3-4-13(10-14)18-26-16(11-34-18)15-6-8-25-20(27-15)28-17-7-9-31(2)29-17/h3-11,33H,12H2,1-2H3,(H,25,27,28,29). The molecule has 1 saturated heterocycles. The van der Waals surface area contributed by atoms with Gasteiger partial charge in [0.25, 0.3) is 5.91 Å². The second-order valence-electron chi connectivity index (χ2n) is 7.96. The lowest BCUT2D eigenvalue weighted by Crippen LogP contribution is -2.47. The van der Waals surface area contributed by atoms with Crippen LogP contribution in [0.5, 0.6) is 0 Å². The van der Waals surface area contributed by atoms with Crippen LogP contribution < -0.4 is 5.32 Å². The molecule has 1 amide bonds. The number of aromatic nitrogens is 5. The van der Waals surface area contributed by atoms with Crippen molar-refractivity contribution in [2.24, 2.45) is 7.05 Å². The molecule has 174 valence electrons. The molecule has 3 aromatic heterocycles. The predicted octanol–water partition coefficient (Wildman–Crippen LogP) is 3.04. The lowest BCUT2D eigenvalue weighted by Gasteiger charge is -2.27. The maximum absolute atomic E-state index is 14.6. The first kappa shape index (κ1) is 22.0. The summed E-state index contributed by atoms with van der Waals surface area (Å²) in [6, 6.07) is 9.39. The molecule has 1 aliphatic heterocycles. The van der Waals surface area contributed by atoms with Crippen molar-refractivity contribution >= 4 is 29.0 Å². The number of carbonyl (C=O) groups excluding carboxylic acids is 1. The topological polar surface area (TPSA) is 109 Å². The first-order valence-corrected chi connectivity index (χ1v) is 11.1. The molecule has 2 N–H and O–H groups in total. The maximum Gasteiger partial charge on any atom is 0.306 e. The van der Waals surface area contributed by atoms with Crippen LogP contribution in [0.25, 0.3) is 22.0 Å². The Hall–Kier alpha value is -3.77. The average molecular weight is 484 g/mol. The summed E-state index contributed by atoms with van der Waals surface area (Å²) in [6.45, 7) is -0.851. The van der Waals surface area contributed by atoms with Gasteiger partial charge in [-0.1, -0.05) is 18.2 Å². The molecule has 12 heteroatoms. The number of rotatable bonds is 5. The molecule has 1 unspecified atom stereocenters. The molecule has 1 atom stereocenters. The van der Waals surface area contributed by atoms with Crippen molar-refractivity contribution in [2.45, 2.75) is 11.5 Å². The summed E-state index contributed by atoms with van der Waals surface area (Å²) in [5, 5.41) is 20.3. The highest BCUT2D eigenvalue weighted by Crippen LogP contribution is 2.45. The number of carbonyl (C=O) groups is 1. The number of hydrogen-bond donors (Lipinski definition) is 2. The van der Waals surface area contributed by atoms with Gasteiger partial charge in [-0.2, -0.15) is 5.10 Å². The van der Waals surface area contributed by atoms with E-state index in [9.17, 15) is 18.7 Å². The van der Waals surface area contributed by atoms with Crippen LogP contribution >= 0.6 is 11.3 Å². The van der Waals surface area contributed by atoms with Gasteiger partial charge in [0.05, 0.1) is 12.2 Å². The Kier molecular flexibility index (Phi) is 5.14. The highest BCUT2D eigenvalue weighted by atomic mass is 32.1. The van der Waals surface area contributed by atoms with E-state index in [1.165, 1.54) is 36.6 Å². The number of alkyl halides is 2. The van der Waals surface area contributed by atoms with Gasteiger partial charge in [0, 0.05) is 43.5 Å². The summed E-state index contributed by atoms with van der Waals surface area (Å²) in [6.07, 6.45) is 3.38. The van der Waals surface area contributed by atoms with Gasteiger partial charge >= 0.3 is 5.92 Å². The van der Waals surface area contributed by atoms with Crippen molar-refractivity contribution in [1.29, 1.82) is 0 Å². The number of aliphatic hydroxyl groups is 1. The highest BCUT2D eigenvalue weighted by molar-refractivity contribution is 7.13. The quantitative estimate of drug-likeness (QED) is 0.449. The van der Waals surface area contributed by atoms with E-state index < -0.39 is 24.0 Å². The van der Waals surface area contributed by atoms with Gasteiger partial charge in [0.15, 0.2) is 5.82 Å². The first-order chi connectivity index (χ1) is 16.2. The lowest BCUT2D eigenvalue weighted by atomic mass is 9.88. The molecule has 1 aliphatic rings. The molecule has 5 rings (SSSR count). The van der Waals surface area contributed by atoms with Gasteiger partial charge in [-0.05, 0) is 17.7 Å². The molecule has 1 fully saturated rings. The molecule has 4 aromatic rings. The summed E-state index contributed by atoms with van der Waals surface area (Å²) in [7, 11) is 3.04. The number of aryl methyl sites for hydroxylation is 1. The largest absolute Gasteiger partial charge is 0.371 e. The Balaban J connectivity index is 1.44. The fraction of sp³-hybridized carbons (Fsp3) is 0.227. The van der Waals surface area contributed by atoms with E-state index in [1.54, 1.807) is 47.7 Å². The van der Waals surface area contributed by atoms with Crippen LogP contribution in [0.15, 0.2) is 54.2 Å². The second kappa shape index (κ2) is 7.92. The van der Waals surface area contributed by atoms with Gasteiger partial charge in [0.2, 0.25) is 11.5 Å². The number of hydrogen-bond acceptors (Lipinski definition) is 8. The van der Waals surface area contributed by atoms with E-state index in [-0.39, 0.29) is 5.56 Å². The minimum atomic E-state index is -3.62. The van der Waals surface area contributed by atoms with E-state index in [0.29, 0.717) is 33.7 Å². The Bertz CT molecular complexity index is 1390. The number of anilines is 2. The normalized spacial score (nSPS) is 19.6. The molecule has 4 heterocycles. The number of halogens is 2. The predicted molar refractivity (Wildman–Crippen MR) is 122 cm³/mol. The van der Waals surface area contributed by atoms with E-state index in [1.807, 2.05) is 0 Å². The summed E-state index contributed by atoms with van der Waals surface area (Å²) in [5.74, 6) is -3.72. The van der Waals surface area contributed by atoms with Crippen LogP contribution in [0, 0.1) is 0 Å². The summed E-state index contributed by atoms with van der Waals surface area (Å²) < 4.78 is 30.8. The highest BCUT2D eigenvalue weighted by Gasteiger charge is 2.66. The third-order valence-corrected chi connectivity index (χ3v) is 6.42. The Labute approximate surface area is 196 Å². The summed E-state index contributed by atoms with van der Waals surface area (Å²) >= 11 is 1.29. The van der Waals surface area contributed by atoms with Crippen LogP contribution in [-0.4, -0.2) is 60.2 Å². The fourth-order valence-corrected chi connectivity index (χ4v) is 4.62. The second-order valence-corrected chi connectivity index (χ2v) is 8.82. The third-order valence-electron chi connectivity index (χ3n) is 5.52. The number of likely N-dealkylation sites (tertiary alicyclic amines) is 1. The number of likely N-dealkylation sites (N-methyl/N-ethyl adjacent to an activating group) is 1. The van der Waals surface area contributed by atoms with Crippen molar-refractivity contribution < 1.29 is 18.7 Å². The van der Waals surface area contributed by atoms with Crippen molar-refractivity contribution in [3.05, 3.63) is 59.7 Å². The van der Waals surface area contributed by atoms with Gasteiger partial charge in [-0.3, -0.25) is 9.48 Å². The fourth-order valence-electron chi connectivity index (χ4n) is 3.81. The number of amides is 1. The first-order valence-electron chi connectivity index (χ1n) is 10.2. The zero-order chi connectivity index (χ0) is 24.1. The molecule has 0 radical (unpaired) electrons. The molecule has 9 nitrogen and oxygen atoms in total. The third kappa shape index (κ3) is 3.60. The van der Waals surface area contributed by atoms with E-state index in [0.717, 1.165) is 4.90 Å². The Morgan fingerprint density at radius 2 is 1.97 bits per heavy atom. The lowest BCUT2D eigenvalue weighted by molar-refractivity contribution is -0.173. The molecular weight excluding hydrogens is 464 g/mol. The zero-order valence-corrected chi connectivity index (χ0v) is 18.9. The SMILES string of the molecule is CN1CC(F)(F)C(O)(c2cccc(-c3nc(-c4ccnc(Nc5ccn(C)n5)n4)cs3)c2)C1=O. The zero-order valence-electron chi connectivity index (χ0n) is 18.1. The molecule has 0 saturated carbocycles. The summed E-state index contributed by atoms with van der Waals surface area (Å²) in [5.41, 5.74) is -1.47. The molecule has 1 aromatic carbocycles. The van der Waals surface area contributed by atoms with Gasteiger partial charge < -0.3 is 15.3 Å². The Morgan fingerprint density at radius 1 is 1.15 bits per heavy atom. The van der Waals surface area contributed by atoms with Crippen LogP contribution in [-0.2, 0) is 17.4 Å². The van der Waals surface area contributed by atoms with Crippen LogP contribution in [0.3, 0.4) is 0 Å². The molecule has 0 aliphatic carbocycles. The van der Waals surface area contributed by atoms with Crippen molar-refractivity contribution in [2.75, 3.05) is 18.9 Å². The molecule has 34 heavy (non-hydrogen) atoms. The van der Waals surface area contributed by atoms with Crippen LogP contribution in [0.1, 0.15) is 5.56 Å². The molecular formula is C22H19F2N7O2S. The van der Waals surface area contributed by atoms with Crippen molar-refractivity contribution in [3.63, 3.8) is 0 Å². The van der Waals surface area contributed by atoms with Crippen LogP contribution in [0.4, 0.5) is 20.5 Å². The molecule has 0 bridgehead atoms. The molecule has 0 spiro atoms. The van der Waals surface area contributed by atoms with Crippen molar-refractivity contribution in [1.82, 2.24) is 29.6 Å². The van der Waals surface area contributed by atoms with E-state index in [4.69, 9.17) is 0 Å². The number of nitrogens with one attached hydrogen (secondary N) is 1. The number of nitrogens with zero attached hydrogens (tertiary/aromatic N) is 6. The van der Waals surface area contributed by atoms with E-state index in [2.05, 4.69) is 25.4 Å². The van der Waals surface area contributed by atoms with Crippen molar-refractivity contribution in [3.8, 4) is 22.0 Å². The van der Waals surface area contributed by atoms with E-state index >= 15 is 0 Å². The van der Waals surface area contributed by atoms with Gasteiger partial charge in [0.1, 0.15) is 10.7 Å². The smallest absolute Gasteiger partial charge is 0.306 e. The summed E-state index contributed by atoms with van der Waals surface area (Å²) in [4.78, 5) is 26.5. The maximum atomic E-state index is 14.6. The van der Waals surface area contributed by atoms with Gasteiger partial charge in [-0.15, -0.1) is 11.3 Å². The minimum absolute atomic E-state index is 0.176. The Morgan fingerprint density at radius 3 is 2.68 bits per heavy atom. The van der Waals surface area contributed by atoms with Gasteiger partial charge in [-0.25, -0.2) is 23.7 Å². The number of benzene rings is 1. The van der Waals surface area contributed by atoms with Crippen LogP contribution in [0.2, 0.25) is 0 Å². The monoisotopic (exact) mass is 483 g/mol. The average Bonchev–Trinajstić information content (AvgIpc) is 3.50.